The third-order valence-electron chi connectivity index (χ3n) is 5.96. The first kappa shape index (κ1) is 23.7. The Morgan fingerprint density at radius 2 is 1.90 bits per heavy atom. The van der Waals surface area contributed by atoms with E-state index in [1.807, 2.05) is 13.0 Å². The van der Waals surface area contributed by atoms with Crippen LogP contribution in [0, 0.1) is 11.8 Å². The molecule has 0 radical (unpaired) electrons. The van der Waals surface area contributed by atoms with Gasteiger partial charge < -0.3 is 9.26 Å². The molecular weight excluding hydrogens is 420 g/mol. The Labute approximate surface area is 188 Å². The first-order valence-electron chi connectivity index (χ1n) is 11.0. The second kappa shape index (κ2) is 12.2. The molecule has 31 heavy (non-hydrogen) atoms. The lowest BCUT2D eigenvalue weighted by Crippen LogP contribution is -2.35. The summed E-state index contributed by atoms with van der Waals surface area (Å²) in [6, 6.07) is 1.94. The maximum absolute atomic E-state index is 12.5. The fourth-order valence-electron chi connectivity index (χ4n) is 4.09. The average molecular weight is 451 g/mol. The standard InChI is InChI=1S/C17H24ClNO4.C6H7NO/c1-2-14(19-23-7-3-6-18)17-15(20)10-13(11-16(17)21)12-4-8-22-9-5-12;1-2-5(1)6-3-4-8-7-6/h3,6,12-13,19H,2,4-5,7-11H2,1H3;3-5H,1-2H2. The smallest absolute Gasteiger partial charge is 0.168 e. The van der Waals surface area contributed by atoms with Gasteiger partial charge in [0, 0.05) is 43.6 Å². The van der Waals surface area contributed by atoms with Crippen molar-refractivity contribution in [2.75, 3.05) is 19.8 Å². The number of carbonyl (C=O) groups is 2. The summed E-state index contributed by atoms with van der Waals surface area (Å²) in [6.45, 7) is 3.63. The zero-order valence-electron chi connectivity index (χ0n) is 18.0. The van der Waals surface area contributed by atoms with Crippen molar-refractivity contribution in [3.63, 3.8) is 0 Å². The summed E-state index contributed by atoms with van der Waals surface area (Å²) in [5.74, 6) is 1.16. The van der Waals surface area contributed by atoms with Crippen LogP contribution in [-0.2, 0) is 19.2 Å². The number of hydrogen-bond donors (Lipinski definition) is 1. The van der Waals surface area contributed by atoms with Gasteiger partial charge in [0.1, 0.15) is 6.26 Å². The van der Waals surface area contributed by atoms with Gasteiger partial charge in [-0.3, -0.25) is 19.9 Å². The highest BCUT2D eigenvalue weighted by molar-refractivity contribution is 6.25. The Morgan fingerprint density at radius 1 is 1.19 bits per heavy atom. The van der Waals surface area contributed by atoms with Crippen LogP contribution in [0.1, 0.15) is 63.5 Å². The molecule has 0 aromatic carbocycles. The van der Waals surface area contributed by atoms with Crippen molar-refractivity contribution in [2.45, 2.75) is 57.8 Å². The topological polar surface area (TPSA) is 90.7 Å². The van der Waals surface area contributed by atoms with E-state index >= 15 is 0 Å². The number of halogens is 1. The first-order valence-corrected chi connectivity index (χ1v) is 11.5. The van der Waals surface area contributed by atoms with Crippen molar-refractivity contribution in [3.05, 3.63) is 40.9 Å². The predicted octanol–water partition coefficient (Wildman–Crippen LogP) is 4.45. The number of ether oxygens (including phenoxy) is 1. The van der Waals surface area contributed by atoms with Crippen molar-refractivity contribution in [2.24, 2.45) is 11.8 Å². The fourth-order valence-corrected chi connectivity index (χ4v) is 4.16. The van der Waals surface area contributed by atoms with Crippen LogP contribution in [-0.4, -0.2) is 36.5 Å². The van der Waals surface area contributed by atoms with E-state index in [0.29, 0.717) is 30.9 Å². The highest BCUT2D eigenvalue weighted by Gasteiger charge is 2.36. The summed E-state index contributed by atoms with van der Waals surface area (Å²) < 4.78 is 10.0. The van der Waals surface area contributed by atoms with Crippen molar-refractivity contribution in [1.29, 1.82) is 0 Å². The number of hydroxylamine groups is 1. The number of ketones is 2. The van der Waals surface area contributed by atoms with E-state index in [0.717, 1.165) is 37.7 Å². The number of hydrogen-bond acceptors (Lipinski definition) is 7. The van der Waals surface area contributed by atoms with E-state index in [9.17, 15) is 9.59 Å². The molecular formula is C23H31ClN2O5. The molecule has 4 rings (SSSR count). The van der Waals surface area contributed by atoms with Crippen molar-refractivity contribution >= 4 is 23.2 Å². The number of carbonyl (C=O) groups excluding carboxylic acids is 2. The Bertz CT molecular complexity index is 760. The molecule has 0 unspecified atom stereocenters. The van der Waals surface area contributed by atoms with Crippen LogP contribution >= 0.6 is 11.6 Å². The average Bonchev–Trinajstić information content (AvgIpc) is 3.49. The van der Waals surface area contributed by atoms with Gasteiger partial charge in [0.2, 0.25) is 0 Å². The Morgan fingerprint density at radius 3 is 2.45 bits per heavy atom. The zero-order valence-corrected chi connectivity index (χ0v) is 18.7. The summed E-state index contributed by atoms with van der Waals surface area (Å²) >= 11 is 5.42. The molecule has 170 valence electrons. The zero-order chi connectivity index (χ0) is 22.1. The third-order valence-corrected chi connectivity index (χ3v) is 6.14. The lowest BCUT2D eigenvalue weighted by Gasteiger charge is -2.32. The van der Waals surface area contributed by atoms with Gasteiger partial charge in [0.15, 0.2) is 11.6 Å². The molecule has 0 amide bonds. The minimum absolute atomic E-state index is 0.0708. The van der Waals surface area contributed by atoms with E-state index < -0.39 is 0 Å². The van der Waals surface area contributed by atoms with Crippen molar-refractivity contribution in [3.8, 4) is 0 Å². The van der Waals surface area contributed by atoms with Crippen molar-refractivity contribution < 1.29 is 23.7 Å². The quantitative estimate of drug-likeness (QED) is 0.284. The highest BCUT2D eigenvalue weighted by atomic mass is 35.5. The van der Waals surface area contributed by atoms with Crippen LogP contribution in [0.3, 0.4) is 0 Å². The molecule has 7 nitrogen and oxygen atoms in total. The second-order valence-electron chi connectivity index (χ2n) is 8.14. The van der Waals surface area contributed by atoms with Gasteiger partial charge in [-0.1, -0.05) is 23.7 Å². The van der Waals surface area contributed by atoms with Crippen molar-refractivity contribution in [1.82, 2.24) is 10.6 Å². The van der Waals surface area contributed by atoms with Crippen LogP contribution in [0.4, 0.5) is 0 Å². The monoisotopic (exact) mass is 450 g/mol. The predicted molar refractivity (Wildman–Crippen MR) is 116 cm³/mol. The van der Waals surface area contributed by atoms with E-state index in [1.165, 1.54) is 18.4 Å². The lowest BCUT2D eigenvalue weighted by molar-refractivity contribution is -0.127. The summed E-state index contributed by atoms with van der Waals surface area (Å²) in [5.41, 5.74) is 6.07. The molecule has 1 aromatic heterocycles. The van der Waals surface area contributed by atoms with Gasteiger partial charge in [-0.25, -0.2) is 0 Å². The maximum Gasteiger partial charge on any atom is 0.168 e. The molecule has 0 spiro atoms. The number of aromatic nitrogens is 1. The van der Waals surface area contributed by atoms with Crippen LogP contribution in [0.15, 0.2) is 39.7 Å². The number of Topliss-reactive ketones (excluding diaryl/α,β-unsaturated/α-hetero) is 2. The molecule has 0 bridgehead atoms. The van der Waals surface area contributed by atoms with E-state index in [-0.39, 0.29) is 29.7 Å². The van der Waals surface area contributed by atoms with E-state index in [2.05, 4.69) is 15.2 Å². The molecule has 2 aliphatic carbocycles. The summed E-state index contributed by atoms with van der Waals surface area (Å²) in [5, 5.41) is 3.80. The molecule has 8 heteroatoms. The molecule has 2 heterocycles. The van der Waals surface area contributed by atoms with Gasteiger partial charge in [-0.15, -0.1) is 0 Å². The molecule has 1 aromatic rings. The van der Waals surface area contributed by atoms with Gasteiger partial charge in [-0.05, 0) is 50.0 Å². The van der Waals surface area contributed by atoms with Crippen LogP contribution in [0.25, 0.3) is 0 Å². The summed E-state index contributed by atoms with van der Waals surface area (Å²) in [6.07, 6.45) is 9.16. The lowest BCUT2D eigenvalue weighted by atomic mass is 9.73. The minimum Gasteiger partial charge on any atom is -0.381 e. The SMILES string of the molecule is CCC(NOCC=CCl)=C1C(=O)CC(C2CCOCC2)CC1=O.c1cc(C2CC2)no1. The van der Waals surface area contributed by atoms with Gasteiger partial charge >= 0.3 is 0 Å². The van der Waals surface area contributed by atoms with Crippen LogP contribution in [0.5, 0.6) is 0 Å². The van der Waals surface area contributed by atoms with Crippen LogP contribution < -0.4 is 5.48 Å². The first-order chi connectivity index (χ1) is 15.1. The Kier molecular flexibility index (Phi) is 9.31. The van der Waals surface area contributed by atoms with Gasteiger partial charge in [-0.2, -0.15) is 0 Å². The van der Waals surface area contributed by atoms with Gasteiger partial charge in [0.05, 0.1) is 23.6 Å². The Balaban J connectivity index is 0.000000280. The van der Waals surface area contributed by atoms with E-state index in [4.69, 9.17) is 21.2 Å². The summed E-state index contributed by atoms with van der Waals surface area (Å²) in [7, 11) is 0. The van der Waals surface area contributed by atoms with Crippen LogP contribution in [0.2, 0.25) is 0 Å². The summed E-state index contributed by atoms with van der Waals surface area (Å²) in [4.78, 5) is 30.2. The molecule has 2 saturated carbocycles. The normalized spacial score (nSPS) is 22.4. The molecule has 1 aliphatic heterocycles. The second-order valence-corrected chi connectivity index (χ2v) is 8.40. The third kappa shape index (κ3) is 7.02. The molecule has 1 N–H and O–H groups in total. The largest absolute Gasteiger partial charge is 0.381 e. The number of nitrogens with one attached hydrogen (secondary N) is 1. The maximum atomic E-state index is 12.5. The highest BCUT2D eigenvalue weighted by Crippen LogP contribution is 2.38. The number of allylic oxidation sites excluding steroid dienone is 2. The number of rotatable bonds is 7. The fraction of sp³-hybridized carbons (Fsp3) is 0.609. The molecule has 1 saturated heterocycles. The Hall–Kier alpha value is -1.96. The molecule has 3 aliphatic rings. The molecule has 0 atom stereocenters. The molecule has 3 fully saturated rings. The number of nitrogens with zero attached hydrogens (tertiary/aromatic N) is 1. The van der Waals surface area contributed by atoms with E-state index in [1.54, 1.807) is 12.3 Å². The minimum atomic E-state index is -0.0708. The van der Waals surface area contributed by atoms with Gasteiger partial charge in [0.25, 0.3) is 0 Å².